The second kappa shape index (κ2) is 5.72. The molecule has 0 aliphatic rings. The van der Waals surface area contributed by atoms with Crippen LogP contribution < -0.4 is 0 Å². The average molecular weight is 282 g/mol. The number of rotatable bonds is 4. The Kier molecular flexibility index (Phi) is 3.61. The molecule has 0 radical (unpaired) electrons. The number of nitriles is 1. The van der Waals surface area contributed by atoms with Crippen molar-refractivity contribution in [2.24, 2.45) is 0 Å². The third kappa shape index (κ3) is 2.63. The van der Waals surface area contributed by atoms with Crippen LogP contribution in [0.2, 0.25) is 0 Å². The zero-order valence-electron chi connectivity index (χ0n) is 10.5. The van der Waals surface area contributed by atoms with Crippen molar-refractivity contribution in [2.75, 3.05) is 5.75 Å². The monoisotopic (exact) mass is 282 g/mol. The highest BCUT2D eigenvalue weighted by Gasteiger charge is 2.10. The summed E-state index contributed by atoms with van der Waals surface area (Å²) in [4.78, 5) is 8.80. The lowest BCUT2D eigenvalue weighted by atomic mass is 10.2. The van der Waals surface area contributed by atoms with Crippen molar-refractivity contribution in [1.29, 1.82) is 5.26 Å². The summed E-state index contributed by atoms with van der Waals surface area (Å²) in [5.41, 5.74) is 1.58. The molecule has 0 atom stereocenters. The molecule has 3 rings (SSSR count). The first-order valence-electron chi connectivity index (χ1n) is 6.00. The van der Waals surface area contributed by atoms with Gasteiger partial charge in [-0.25, -0.2) is 4.98 Å². The quantitative estimate of drug-likeness (QED) is 0.685. The molecule has 0 aliphatic heterocycles. The van der Waals surface area contributed by atoms with E-state index in [1.807, 2.05) is 36.4 Å². The highest BCUT2D eigenvalue weighted by Crippen LogP contribution is 2.19. The Morgan fingerprint density at radius 2 is 2.05 bits per heavy atom. The van der Waals surface area contributed by atoms with Crippen LogP contribution in [0.1, 0.15) is 5.89 Å². The summed E-state index contributed by atoms with van der Waals surface area (Å²) in [7, 11) is 0. The van der Waals surface area contributed by atoms with Gasteiger partial charge in [-0.15, -0.1) is 11.8 Å². The summed E-state index contributed by atoms with van der Waals surface area (Å²) >= 11 is 1.44. The molecule has 3 aromatic rings. The SMILES string of the molecule is N#CCSCc1nc(-c2ccc3ccccc3n2)no1. The summed E-state index contributed by atoms with van der Waals surface area (Å²) in [6.45, 7) is 0. The summed E-state index contributed by atoms with van der Waals surface area (Å²) < 4.78 is 5.15. The molecule has 1 aromatic carbocycles. The van der Waals surface area contributed by atoms with Crippen LogP contribution in [-0.4, -0.2) is 20.9 Å². The molecule has 0 fully saturated rings. The van der Waals surface area contributed by atoms with Gasteiger partial charge in [0.05, 0.1) is 23.1 Å². The first-order chi connectivity index (χ1) is 9.86. The fraction of sp³-hybridized carbons (Fsp3) is 0.143. The van der Waals surface area contributed by atoms with Gasteiger partial charge in [0.1, 0.15) is 5.69 Å². The first-order valence-corrected chi connectivity index (χ1v) is 7.16. The minimum atomic E-state index is 0.409. The number of pyridine rings is 1. The number of nitrogens with zero attached hydrogens (tertiary/aromatic N) is 4. The van der Waals surface area contributed by atoms with Gasteiger partial charge >= 0.3 is 0 Å². The molecular weight excluding hydrogens is 272 g/mol. The molecule has 0 N–H and O–H groups in total. The average Bonchev–Trinajstić information content (AvgIpc) is 2.96. The van der Waals surface area contributed by atoms with Crippen molar-refractivity contribution < 1.29 is 4.52 Å². The van der Waals surface area contributed by atoms with Crippen LogP contribution in [0, 0.1) is 11.3 Å². The topological polar surface area (TPSA) is 75.6 Å². The smallest absolute Gasteiger partial charge is 0.237 e. The molecule has 0 amide bonds. The molecule has 0 spiro atoms. The van der Waals surface area contributed by atoms with Crippen LogP contribution in [0.15, 0.2) is 40.9 Å². The maximum absolute atomic E-state index is 8.48. The number of para-hydroxylation sites is 1. The maximum Gasteiger partial charge on any atom is 0.237 e. The Balaban J connectivity index is 1.85. The first kappa shape index (κ1) is 12.6. The molecule has 0 aliphatic carbocycles. The van der Waals surface area contributed by atoms with Crippen LogP contribution in [0.3, 0.4) is 0 Å². The molecule has 2 aromatic heterocycles. The van der Waals surface area contributed by atoms with Crippen molar-refractivity contribution in [3.05, 3.63) is 42.3 Å². The molecule has 6 heteroatoms. The van der Waals surface area contributed by atoms with Gasteiger partial charge < -0.3 is 4.52 Å². The number of fused-ring (bicyclic) bond motifs is 1. The normalized spacial score (nSPS) is 10.6. The van der Waals surface area contributed by atoms with Crippen molar-refractivity contribution in [2.45, 2.75) is 5.75 Å². The molecule has 2 heterocycles. The standard InChI is InChI=1S/C14H10N4OS/c15-7-8-20-9-13-17-14(18-19-13)12-6-5-10-3-1-2-4-11(10)16-12/h1-6H,8-9H2. The van der Waals surface area contributed by atoms with Gasteiger partial charge in [0.2, 0.25) is 11.7 Å². The lowest BCUT2D eigenvalue weighted by Crippen LogP contribution is -1.87. The van der Waals surface area contributed by atoms with E-state index in [0.717, 1.165) is 10.9 Å². The molecule has 20 heavy (non-hydrogen) atoms. The second-order valence-electron chi connectivity index (χ2n) is 4.05. The highest BCUT2D eigenvalue weighted by molar-refractivity contribution is 7.98. The van der Waals surface area contributed by atoms with E-state index in [1.54, 1.807) is 0 Å². The Bertz CT molecular complexity index is 778. The number of benzene rings is 1. The van der Waals surface area contributed by atoms with Gasteiger partial charge in [0.15, 0.2) is 0 Å². The maximum atomic E-state index is 8.48. The Morgan fingerprint density at radius 3 is 2.95 bits per heavy atom. The Labute approximate surface area is 119 Å². The van der Waals surface area contributed by atoms with Crippen LogP contribution >= 0.6 is 11.8 Å². The van der Waals surface area contributed by atoms with E-state index in [4.69, 9.17) is 9.78 Å². The number of hydrogen-bond acceptors (Lipinski definition) is 6. The van der Waals surface area contributed by atoms with E-state index < -0.39 is 0 Å². The van der Waals surface area contributed by atoms with Crippen LogP contribution in [0.4, 0.5) is 0 Å². The van der Waals surface area contributed by atoms with E-state index in [-0.39, 0.29) is 0 Å². The fourth-order valence-corrected chi connectivity index (χ4v) is 2.28. The van der Waals surface area contributed by atoms with Gasteiger partial charge in [-0.3, -0.25) is 0 Å². The van der Waals surface area contributed by atoms with E-state index in [1.165, 1.54) is 11.8 Å². The Morgan fingerprint density at radius 1 is 1.15 bits per heavy atom. The molecular formula is C14H10N4OS. The van der Waals surface area contributed by atoms with E-state index in [2.05, 4.69) is 21.2 Å². The fourth-order valence-electron chi connectivity index (χ4n) is 1.79. The molecule has 0 saturated carbocycles. The number of hydrogen-bond donors (Lipinski definition) is 0. The zero-order chi connectivity index (χ0) is 13.8. The minimum Gasteiger partial charge on any atom is -0.338 e. The second-order valence-corrected chi connectivity index (χ2v) is 5.04. The molecule has 0 saturated heterocycles. The predicted molar refractivity (Wildman–Crippen MR) is 76.8 cm³/mol. The zero-order valence-corrected chi connectivity index (χ0v) is 11.3. The molecule has 98 valence electrons. The van der Waals surface area contributed by atoms with Gasteiger partial charge in [-0.05, 0) is 12.1 Å². The van der Waals surface area contributed by atoms with E-state index in [0.29, 0.717) is 28.9 Å². The predicted octanol–water partition coefficient (Wildman–Crippen LogP) is 3.04. The van der Waals surface area contributed by atoms with Gasteiger partial charge in [0, 0.05) is 5.39 Å². The summed E-state index contributed by atoms with van der Waals surface area (Å²) in [5, 5.41) is 13.5. The van der Waals surface area contributed by atoms with E-state index >= 15 is 0 Å². The highest BCUT2D eigenvalue weighted by atomic mass is 32.2. The van der Waals surface area contributed by atoms with Crippen molar-refractivity contribution in [3.8, 4) is 17.6 Å². The van der Waals surface area contributed by atoms with Gasteiger partial charge in [0.25, 0.3) is 0 Å². The van der Waals surface area contributed by atoms with Crippen molar-refractivity contribution in [1.82, 2.24) is 15.1 Å². The van der Waals surface area contributed by atoms with Crippen LogP contribution in [0.5, 0.6) is 0 Å². The third-order valence-electron chi connectivity index (χ3n) is 2.69. The summed E-state index contributed by atoms with van der Waals surface area (Å²) in [5.74, 6) is 1.93. The Hall–Kier alpha value is -2.39. The van der Waals surface area contributed by atoms with E-state index in [9.17, 15) is 0 Å². The summed E-state index contributed by atoms with van der Waals surface area (Å²) in [6.07, 6.45) is 0. The number of aromatic nitrogens is 3. The minimum absolute atomic E-state index is 0.409. The van der Waals surface area contributed by atoms with Gasteiger partial charge in [-0.2, -0.15) is 10.2 Å². The lowest BCUT2D eigenvalue weighted by molar-refractivity contribution is 0.391. The molecule has 0 unspecified atom stereocenters. The molecule has 0 bridgehead atoms. The third-order valence-corrected chi connectivity index (χ3v) is 3.47. The number of thioether (sulfide) groups is 1. The van der Waals surface area contributed by atoms with Gasteiger partial charge in [-0.1, -0.05) is 29.4 Å². The van der Waals surface area contributed by atoms with Crippen molar-refractivity contribution >= 4 is 22.7 Å². The van der Waals surface area contributed by atoms with Crippen LogP contribution in [0.25, 0.3) is 22.4 Å². The van der Waals surface area contributed by atoms with Crippen molar-refractivity contribution in [3.63, 3.8) is 0 Å². The lowest BCUT2D eigenvalue weighted by Gasteiger charge is -1.98. The largest absolute Gasteiger partial charge is 0.338 e. The van der Waals surface area contributed by atoms with Crippen LogP contribution in [-0.2, 0) is 5.75 Å². The summed E-state index contributed by atoms with van der Waals surface area (Å²) in [6, 6.07) is 13.8. The molecule has 5 nitrogen and oxygen atoms in total.